The van der Waals surface area contributed by atoms with Gasteiger partial charge in [0.15, 0.2) is 0 Å². The SMILES string of the molecule is CCN1CCOC(CSc2nnnn2CCNC(C)C)C1. The second-order valence-corrected chi connectivity index (χ2v) is 6.48. The predicted molar refractivity (Wildman–Crippen MR) is 83.5 cm³/mol. The van der Waals surface area contributed by atoms with Gasteiger partial charge in [-0.25, -0.2) is 4.68 Å². The van der Waals surface area contributed by atoms with Crippen LogP contribution in [0.25, 0.3) is 0 Å². The summed E-state index contributed by atoms with van der Waals surface area (Å²) in [7, 11) is 0. The number of nitrogens with zero attached hydrogens (tertiary/aromatic N) is 5. The van der Waals surface area contributed by atoms with Crippen molar-refractivity contribution in [1.29, 1.82) is 0 Å². The number of ether oxygens (including phenoxy) is 1. The molecule has 0 aliphatic carbocycles. The molecule has 1 aliphatic rings. The van der Waals surface area contributed by atoms with Gasteiger partial charge in [0.1, 0.15) is 0 Å². The van der Waals surface area contributed by atoms with Gasteiger partial charge in [0.25, 0.3) is 0 Å². The van der Waals surface area contributed by atoms with Crippen LogP contribution in [0.15, 0.2) is 5.16 Å². The molecular formula is C13H26N6OS. The second kappa shape index (κ2) is 8.67. The first kappa shape index (κ1) is 16.7. The highest BCUT2D eigenvalue weighted by Gasteiger charge is 2.20. The lowest BCUT2D eigenvalue weighted by Crippen LogP contribution is -2.43. The van der Waals surface area contributed by atoms with Crippen molar-refractivity contribution in [2.75, 3.05) is 38.5 Å². The maximum Gasteiger partial charge on any atom is 0.209 e. The van der Waals surface area contributed by atoms with Crippen molar-refractivity contribution in [3.8, 4) is 0 Å². The fraction of sp³-hybridized carbons (Fsp3) is 0.923. The molecule has 0 aromatic carbocycles. The Bertz CT molecular complexity index is 413. The molecule has 1 aliphatic heterocycles. The van der Waals surface area contributed by atoms with Crippen LogP contribution in [0, 0.1) is 0 Å². The number of rotatable bonds is 8. The zero-order valence-corrected chi connectivity index (χ0v) is 14.0. The van der Waals surface area contributed by atoms with Gasteiger partial charge in [0.2, 0.25) is 5.16 Å². The lowest BCUT2D eigenvalue weighted by molar-refractivity contribution is -0.0137. The van der Waals surface area contributed by atoms with Crippen LogP contribution in [0.3, 0.4) is 0 Å². The molecule has 1 N–H and O–H groups in total. The molecule has 1 fully saturated rings. The van der Waals surface area contributed by atoms with Crippen LogP contribution in [0.4, 0.5) is 0 Å². The molecule has 2 rings (SSSR count). The van der Waals surface area contributed by atoms with E-state index in [0.29, 0.717) is 6.04 Å². The van der Waals surface area contributed by atoms with Crippen LogP contribution >= 0.6 is 11.8 Å². The van der Waals surface area contributed by atoms with Crippen LogP contribution < -0.4 is 5.32 Å². The highest BCUT2D eigenvalue weighted by molar-refractivity contribution is 7.99. The molecule has 1 saturated heterocycles. The molecule has 0 amide bonds. The van der Waals surface area contributed by atoms with Gasteiger partial charge in [-0.15, -0.1) is 5.10 Å². The number of nitrogens with one attached hydrogen (secondary N) is 1. The van der Waals surface area contributed by atoms with Gasteiger partial charge < -0.3 is 10.1 Å². The minimum atomic E-state index is 0.266. The number of thioether (sulfide) groups is 1. The van der Waals surface area contributed by atoms with Crippen molar-refractivity contribution in [1.82, 2.24) is 30.4 Å². The van der Waals surface area contributed by atoms with Gasteiger partial charge in [-0.2, -0.15) is 0 Å². The summed E-state index contributed by atoms with van der Waals surface area (Å²) in [5.74, 6) is 0.897. The molecule has 21 heavy (non-hydrogen) atoms. The van der Waals surface area contributed by atoms with E-state index < -0.39 is 0 Å². The number of tetrazole rings is 1. The number of hydrogen-bond donors (Lipinski definition) is 1. The molecule has 1 aromatic heterocycles. The highest BCUT2D eigenvalue weighted by atomic mass is 32.2. The summed E-state index contributed by atoms with van der Waals surface area (Å²) in [5, 5.41) is 16.2. The molecule has 7 nitrogen and oxygen atoms in total. The lowest BCUT2D eigenvalue weighted by atomic mass is 10.3. The summed E-state index contributed by atoms with van der Waals surface area (Å²) in [6.45, 7) is 12.1. The van der Waals surface area contributed by atoms with Crippen molar-refractivity contribution in [2.24, 2.45) is 0 Å². The number of hydrogen-bond acceptors (Lipinski definition) is 7. The Balaban J connectivity index is 1.76. The fourth-order valence-corrected chi connectivity index (χ4v) is 3.14. The monoisotopic (exact) mass is 314 g/mol. The summed E-state index contributed by atoms with van der Waals surface area (Å²) < 4.78 is 7.67. The number of likely N-dealkylation sites (N-methyl/N-ethyl adjacent to an activating group) is 1. The largest absolute Gasteiger partial charge is 0.375 e. The van der Waals surface area contributed by atoms with Gasteiger partial charge in [-0.3, -0.25) is 4.90 Å². The van der Waals surface area contributed by atoms with E-state index in [1.165, 1.54) is 0 Å². The molecule has 1 aromatic rings. The normalized spacial score (nSPS) is 20.3. The molecule has 0 saturated carbocycles. The molecule has 1 atom stereocenters. The summed E-state index contributed by atoms with van der Waals surface area (Å²) in [6, 6.07) is 0.480. The van der Waals surface area contributed by atoms with Gasteiger partial charge in [0.05, 0.1) is 19.3 Å². The second-order valence-electron chi connectivity index (χ2n) is 5.49. The van der Waals surface area contributed by atoms with Crippen molar-refractivity contribution < 1.29 is 4.74 Å². The van der Waals surface area contributed by atoms with Crippen LogP contribution in [-0.4, -0.2) is 75.8 Å². The Morgan fingerprint density at radius 2 is 2.33 bits per heavy atom. The smallest absolute Gasteiger partial charge is 0.209 e. The summed E-state index contributed by atoms with van der Waals surface area (Å²) >= 11 is 1.68. The van der Waals surface area contributed by atoms with E-state index in [0.717, 1.165) is 50.2 Å². The minimum absolute atomic E-state index is 0.266. The predicted octanol–water partition coefficient (Wildman–Crippen LogP) is 0.484. The molecule has 1 unspecified atom stereocenters. The van der Waals surface area contributed by atoms with E-state index in [2.05, 4.69) is 46.5 Å². The Morgan fingerprint density at radius 3 is 3.10 bits per heavy atom. The van der Waals surface area contributed by atoms with Gasteiger partial charge in [-0.05, 0) is 17.0 Å². The number of aromatic nitrogens is 4. The average Bonchev–Trinajstić information content (AvgIpc) is 2.92. The maximum atomic E-state index is 5.81. The first-order chi connectivity index (χ1) is 10.2. The Labute approximate surface area is 130 Å². The third-order valence-electron chi connectivity index (χ3n) is 3.44. The molecule has 0 spiro atoms. The summed E-state index contributed by atoms with van der Waals surface area (Å²) in [5.41, 5.74) is 0. The third-order valence-corrected chi connectivity index (χ3v) is 4.53. The van der Waals surface area contributed by atoms with Crippen molar-refractivity contribution in [2.45, 2.75) is 44.6 Å². The van der Waals surface area contributed by atoms with E-state index in [1.54, 1.807) is 11.8 Å². The van der Waals surface area contributed by atoms with E-state index >= 15 is 0 Å². The number of morpholine rings is 1. The van der Waals surface area contributed by atoms with E-state index in [1.807, 2.05) is 4.68 Å². The van der Waals surface area contributed by atoms with E-state index in [9.17, 15) is 0 Å². The fourth-order valence-electron chi connectivity index (χ4n) is 2.24. The van der Waals surface area contributed by atoms with Crippen LogP contribution in [-0.2, 0) is 11.3 Å². The maximum absolute atomic E-state index is 5.81. The Hall–Kier alpha value is -0.700. The van der Waals surface area contributed by atoms with E-state index in [4.69, 9.17) is 4.74 Å². The third kappa shape index (κ3) is 5.54. The standard InChI is InChI=1S/C13H26N6OS/c1-4-18-7-8-20-12(9-18)10-21-13-15-16-17-19(13)6-5-14-11(2)3/h11-12,14H,4-10H2,1-3H3. The lowest BCUT2D eigenvalue weighted by Gasteiger charge is -2.31. The first-order valence-electron chi connectivity index (χ1n) is 7.65. The van der Waals surface area contributed by atoms with Gasteiger partial charge in [0, 0.05) is 31.4 Å². The molecule has 8 heteroatoms. The molecule has 0 bridgehead atoms. The summed E-state index contributed by atoms with van der Waals surface area (Å²) in [6.07, 6.45) is 0.266. The van der Waals surface area contributed by atoms with Crippen LogP contribution in [0.1, 0.15) is 20.8 Å². The highest BCUT2D eigenvalue weighted by Crippen LogP contribution is 2.18. The van der Waals surface area contributed by atoms with E-state index in [-0.39, 0.29) is 6.10 Å². The topological polar surface area (TPSA) is 68.1 Å². The Morgan fingerprint density at radius 1 is 1.48 bits per heavy atom. The van der Waals surface area contributed by atoms with Crippen molar-refractivity contribution in [3.05, 3.63) is 0 Å². The molecule has 2 heterocycles. The molecule has 120 valence electrons. The zero-order chi connectivity index (χ0) is 15.1. The molecule has 0 radical (unpaired) electrons. The summed E-state index contributed by atoms with van der Waals surface area (Å²) in [4.78, 5) is 2.42. The molecular weight excluding hydrogens is 288 g/mol. The Kier molecular flexibility index (Phi) is 6.88. The van der Waals surface area contributed by atoms with Crippen molar-refractivity contribution in [3.63, 3.8) is 0 Å². The van der Waals surface area contributed by atoms with Crippen LogP contribution in [0.2, 0.25) is 0 Å². The quantitative estimate of drug-likeness (QED) is 0.700. The zero-order valence-electron chi connectivity index (χ0n) is 13.2. The first-order valence-corrected chi connectivity index (χ1v) is 8.64. The van der Waals surface area contributed by atoms with Crippen molar-refractivity contribution >= 4 is 11.8 Å². The minimum Gasteiger partial charge on any atom is -0.375 e. The average molecular weight is 314 g/mol. The van der Waals surface area contributed by atoms with Gasteiger partial charge in [-0.1, -0.05) is 32.5 Å². The van der Waals surface area contributed by atoms with Crippen LogP contribution in [0.5, 0.6) is 0 Å². The van der Waals surface area contributed by atoms with Gasteiger partial charge >= 0.3 is 0 Å².